The van der Waals surface area contributed by atoms with Gasteiger partial charge in [-0.25, -0.2) is 14.4 Å². The van der Waals surface area contributed by atoms with E-state index in [0.29, 0.717) is 28.8 Å². The number of benzene rings is 2. The molecule has 2 N–H and O–H groups in total. The van der Waals surface area contributed by atoms with Crippen molar-refractivity contribution in [3.63, 3.8) is 0 Å². The molecule has 3 aromatic rings. The number of carboxylic acid groups (broad SMARTS) is 1. The van der Waals surface area contributed by atoms with E-state index in [1.807, 2.05) is 12.1 Å². The molecule has 0 saturated carbocycles. The van der Waals surface area contributed by atoms with Crippen molar-refractivity contribution >= 4 is 22.7 Å². The molecule has 0 radical (unpaired) electrons. The molecule has 4 rings (SSSR count). The minimum Gasteiger partial charge on any atom is -0.494 e. The smallest absolute Gasteiger partial charge is 0.319 e. The number of rotatable bonds is 4. The van der Waals surface area contributed by atoms with E-state index in [1.54, 1.807) is 23.3 Å². The molecule has 0 unspecified atom stereocenters. The van der Waals surface area contributed by atoms with Gasteiger partial charge in [0.05, 0.1) is 35.7 Å². The number of nitrogens with one attached hydrogen (secondary N) is 1. The quantitative estimate of drug-likeness (QED) is 0.745. The Labute approximate surface area is 148 Å². The first-order chi connectivity index (χ1) is 12.5. The van der Waals surface area contributed by atoms with Gasteiger partial charge in [-0.2, -0.15) is 0 Å². The molecule has 0 aliphatic carbocycles. The van der Waals surface area contributed by atoms with Crippen LogP contribution in [-0.2, 0) is 11.3 Å². The third-order valence-corrected chi connectivity index (χ3v) is 4.18. The molecular weight excluding hydrogens is 339 g/mol. The summed E-state index contributed by atoms with van der Waals surface area (Å²) in [6.07, 6.45) is 1.59. The van der Waals surface area contributed by atoms with Gasteiger partial charge in [-0.05, 0) is 35.9 Å². The normalized spacial score (nSPS) is 13.5. The number of ether oxygens (including phenoxy) is 1. The lowest BCUT2D eigenvalue weighted by Gasteiger charge is -2.12. The summed E-state index contributed by atoms with van der Waals surface area (Å²) in [6.45, 7) is 0.368. The Balaban J connectivity index is 1.70. The summed E-state index contributed by atoms with van der Waals surface area (Å²) in [6, 6.07) is 8.32. The molecule has 1 aromatic heterocycles. The van der Waals surface area contributed by atoms with Gasteiger partial charge in [0.25, 0.3) is 0 Å². The lowest BCUT2D eigenvalue weighted by molar-refractivity contribution is -0.138. The maximum atomic E-state index is 13.9. The van der Waals surface area contributed by atoms with Gasteiger partial charge in [-0.1, -0.05) is 0 Å². The van der Waals surface area contributed by atoms with Gasteiger partial charge < -0.3 is 15.3 Å². The van der Waals surface area contributed by atoms with Gasteiger partial charge in [0, 0.05) is 12.1 Å². The number of carbonyl (C=O) groups is 1. The van der Waals surface area contributed by atoms with Crippen molar-refractivity contribution in [3.05, 3.63) is 47.9 Å². The zero-order chi connectivity index (χ0) is 18.3. The van der Waals surface area contributed by atoms with Gasteiger partial charge in [-0.15, -0.1) is 0 Å². The second kappa shape index (κ2) is 6.23. The van der Waals surface area contributed by atoms with Gasteiger partial charge in [0.2, 0.25) is 0 Å². The summed E-state index contributed by atoms with van der Waals surface area (Å²) in [4.78, 5) is 19.8. The van der Waals surface area contributed by atoms with Crippen LogP contribution in [0, 0.1) is 5.82 Å². The van der Waals surface area contributed by atoms with E-state index < -0.39 is 11.8 Å². The van der Waals surface area contributed by atoms with Crippen LogP contribution in [0.1, 0.15) is 5.56 Å². The molecule has 132 valence electrons. The zero-order valence-electron chi connectivity index (χ0n) is 13.9. The van der Waals surface area contributed by atoms with Crippen molar-refractivity contribution in [2.24, 2.45) is 0 Å². The van der Waals surface area contributed by atoms with Crippen LogP contribution >= 0.6 is 0 Å². The summed E-state index contributed by atoms with van der Waals surface area (Å²) < 4.78 is 18.9. The second-order valence-corrected chi connectivity index (χ2v) is 5.96. The summed E-state index contributed by atoms with van der Waals surface area (Å²) in [5, 5.41) is 10.5. The maximum Gasteiger partial charge on any atom is 0.319 e. The average Bonchev–Trinajstić information content (AvgIpc) is 2.99. The Morgan fingerprint density at radius 1 is 1.35 bits per heavy atom. The van der Waals surface area contributed by atoms with Gasteiger partial charge in [0.15, 0.2) is 11.6 Å². The zero-order valence-corrected chi connectivity index (χ0v) is 13.9. The van der Waals surface area contributed by atoms with E-state index in [2.05, 4.69) is 15.4 Å². The molecule has 0 atom stereocenters. The summed E-state index contributed by atoms with van der Waals surface area (Å²) >= 11 is 0. The van der Waals surface area contributed by atoms with Crippen LogP contribution in [0.3, 0.4) is 0 Å². The van der Waals surface area contributed by atoms with Crippen molar-refractivity contribution in [1.82, 2.24) is 15.0 Å². The molecular formula is C18H15FN4O3. The highest BCUT2D eigenvalue weighted by Crippen LogP contribution is 2.30. The van der Waals surface area contributed by atoms with E-state index in [4.69, 9.17) is 9.84 Å². The number of carboxylic acids is 1. The molecule has 0 fully saturated rings. The minimum absolute atomic E-state index is 0.109. The molecule has 0 saturated heterocycles. The van der Waals surface area contributed by atoms with Crippen molar-refractivity contribution < 1.29 is 19.0 Å². The highest BCUT2D eigenvalue weighted by molar-refractivity contribution is 5.83. The van der Waals surface area contributed by atoms with Gasteiger partial charge in [0.1, 0.15) is 6.54 Å². The average molecular weight is 354 g/mol. The first-order valence-corrected chi connectivity index (χ1v) is 7.90. The number of aliphatic carboxylic acids is 1. The van der Waals surface area contributed by atoms with E-state index in [-0.39, 0.29) is 12.3 Å². The highest BCUT2D eigenvalue weighted by Gasteiger charge is 2.21. The summed E-state index contributed by atoms with van der Waals surface area (Å²) in [5.74, 6) is -1.20. The molecule has 2 heterocycles. The van der Waals surface area contributed by atoms with E-state index in [0.717, 1.165) is 11.3 Å². The molecule has 2 aromatic carbocycles. The van der Waals surface area contributed by atoms with Crippen LogP contribution < -0.4 is 10.2 Å². The Bertz CT molecular complexity index is 1020. The third-order valence-electron chi connectivity index (χ3n) is 4.18. The van der Waals surface area contributed by atoms with Crippen LogP contribution in [0.2, 0.25) is 0 Å². The Morgan fingerprint density at radius 3 is 2.92 bits per heavy atom. The molecule has 1 aliphatic rings. The topological polar surface area (TPSA) is 87.6 Å². The fourth-order valence-electron chi connectivity index (χ4n) is 2.98. The van der Waals surface area contributed by atoms with Gasteiger partial charge in [-0.3, -0.25) is 9.78 Å². The molecule has 7 nitrogen and oxygen atoms in total. The van der Waals surface area contributed by atoms with Crippen molar-refractivity contribution in [2.45, 2.75) is 6.54 Å². The van der Waals surface area contributed by atoms with Crippen LogP contribution in [0.25, 0.3) is 22.3 Å². The van der Waals surface area contributed by atoms with Crippen molar-refractivity contribution in [3.8, 4) is 17.0 Å². The van der Waals surface area contributed by atoms with Crippen LogP contribution in [0.4, 0.5) is 10.1 Å². The molecule has 8 heteroatoms. The van der Waals surface area contributed by atoms with Crippen molar-refractivity contribution in [2.75, 3.05) is 19.1 Å². The first-order valence-electron chi connectivity index (χ1n) is 7.90. The molecule has 26 heavy (non-hydrogen) atoms. The first kappa shape index (κ1) is 16.2. The lowest BCUT2D eigenvalue weighted by atomic mass is 10.1. The number of halogens is 1. The molecule has 1 aliphatic heterocycles. The minimum atomic E-state index is -0.907. The lowest BCUT2D eigenvalue weighted by Crippen LogP contribution is -2.29. The van der Waals surface area contributed by atoms with Crippen LogP contribution in [0.5, 0.6) is 5.75 Å². The van der Waals surface area contributed by atoms with Gasteiger partial charge >= 0.3 is 5.97 Å². The summed E-state index contributed by atoms with van der Waals surface area (Å²) in [5.41, 5.74) is 7.27. The number of anilines is 1. The van der Waals surface area contributed by atoms with E-state index in [1.165, 1.54) is 13.2 Å². The van der Waals surface area contributed by atoms with Crippen molar-refractivity contribution in [1.29, 1.82) is 0 Å². The number of fused-ring (bicyclic) bond motifs is 2. The maximum absolute atomic E-state index is 13.9. The van der Waals surface area contributed by atoms with E-state index >= 15 is 0 Å². The number of hydrogen-bond acceptors (Lipinski definition) is 6. The molecule has 0 bridgehead atoms. The number of hydrogen-bond donors (Lipinski definition) is 2. The van der Waals surface area contributed by atoms with E-state index in [9.17, 15) is 9.18 Å². The Morgan fingerprint density at radius 2 is 2.19 bits per heavy atom. The molecule has 0 spiro atoms. The number of methoxy groups -OCH3 is 1. The van der Waals surface area contributed by atoms with Crippen LogP contribution in [0.15, 0.2) is 36.5 Å². The fourth-order valence-corrected chi connectivity index (χ4v) is 2.98. The third kappa shape index (κ3) is 2.91. The summed E-state index contributed by atoms with van der Waals surface area (Å²) in [7, 11) is 1.41. The fraction of sp³-hybridized carbons (Fsp3) is 0.167. The molecule has 0 amide bonds. The Hall–Kier alpha value is -3.26. The predicted octanol–water partition coefficient (Wildman–Crippen LogP) is 2.67. The second-order valence-electron chi connectivity index (χ2n) is 5.96. The number of aromatic nitrogens is 2. The Kier molecular flexibility index (Phi) is 3.89. The monoisotopic (exact) mass is 354 g/mol. The SMILES string of the molecule is COc1ccc(-c2cnc3cc4c(cc3n2)NN(CC(=O)O)C4)cc1F. The highest BCUT2D eigenvalue weighted by atomic mass is 19.1. The number of nitrogens with zero attached hydrogens (tertiary/aromatic N) is 3. The van der Waals surface area contributed by atoms with Crippen LogP contribution in [-0.4, -0.2) is 39.7 Å². The largest absolute Gasteiger partial charge is 0.494 e. The predicted molar refractivity (Wildman–Crippen MR) is 93.2 cm³/mol. The standard InChI is InChI=1S/C18H15FN4O3/c1-26-17-3-2-10(4-12(17)19)16-7-20-14-5-11-8-23(9-18(24)25)22-13(11)6-15(14)21-16/h2-7,22H,8-9H2,1H3,(H,24,25). The number of hydrazine groups is 1.